The monoisotopic (exact) mass is 427 g/mol. The number of halogens is 2. The van der Waals surface area contributed by atoms with Gasteiger partial charge in [0.15, 0.2) is 0 Å². The Bertz CT molecular complexity index is 792. The average molecular weight is 428 g/mol. The third-order valence-electron chi connectivity index (χ3n) is 3.63. The fourth-order valence-electron chi connectivity index (χ4n) is 2.23. The van der Waals surface area contributed by atoms with E-state index >= 15 is 0 Å². The number of thiophene rings is 1. The average Bonchev–Trinajstić information content (AvgIpc) is 3.16. The molecule has 0 unspecified atom stereocenters. The molecule has 0 aliphatic heterocycles. The number of para-hydroxylation sites is 1. The van der Waals surface area contributed by atoms with Crippen LogP contribution < -0.4 is 10.6 Å². The van der Waals surface area contributed by atoms with Gasteiger partial charge in [-0.1, -0.05) is 35.3 Å². The van der Waals surface area contributed by atoms with Crippen molar-refractivity contribution in [3.05, 3.63) is 50.6 Å². The number of carbonyl (C=O) groups is 3. The van der Waals surface area contributed by atoms with Gasteiger partial charge in [0.05, 0.1) is 27.2 Å². The zero-order chi connectivity index (χ0) is 19.8. The molecule has 1 aromatic carbocycles. The third-order valence-corrected chi connectivity index (χ3v) is 5.13. The molecule has 2 rings (SSSR count). The zero-order valence-corrected chi connectivity index (χ0v) is 17.0. The number of anilines is 1. The molecule has 0 radical (unpaired) electrons. The second kappa shape index (κ2) is 10.3. The van der Waals surface area contributed by atoms with E-state index in [1.54, 1.807) is 37.4 Å². The molecule has 1 aromatic heterocycles. The maximum absolute atomic E-state index is 12.1. The van der Waals surface area contributed by atoms with Crippen molar-refractivity contribution in [3.63, 3.8) is 0 Å². The number of amides is 3. The summed E-state index contributed by atoms with van der Waals surface area (Å²) in [7, 11) is 1.54. The van der Waals surface area contributed by atoms with E-state index < -0.39 is 5.91 Å². The first-order valence-electron chi connectivity index (χ1n) is 8.18. The molecule has 0 saturated heterocycles. The van der Waals surface area contributed by atoms with E-state index in [1.165, 1.54) is 16.2 Å². The molecular formula is C18H19Cl2N3O3S. The van der Waals surface area contributed by atoms with Gasteiger partial charge in [-0.15, -0.1) is 11.3 Å². The fourth-order valence-corrected chi connectivity index (χ4v) is 3.36. The molecule has 0 atom stereocenters. The van der Waals surface area contributed by atoms with Gasteiger partial charge in [0.1, 0.15) is 0 Å². The number of hydrogen-bond donors (Lipinski definition) is 2. The molecule has 2 aromatic rings. The molecule has 27 heavy (non-hydrogen) atoms. The molecule has 0 saturated carbocycles. The minimum atomic E-state index is -0.396. The van der Waals surface area contributed by atoms with Crippen molar-refractivity contribution in [2.75, 3.05) is 25.5 Å². The van der Waals surface area contributed by atoms with Gasteiger partial charge in [-0.2, -0.15) is 0 Å². The number of rotatable bonds is 8. The number of likely N-dealkylation sites (N-methyl/N-ethyl adjacent to an activating group) is 1. The quantitative estimate of drug-likeness (QED) is 0.630. The van der Waals surface area contributed by atoms with Gasteiger partial charge < -0.3 is 15.5 Å². The number of benzene rings is 1. The van der Waals surface area contributed by atoms with E-state index in [-0.39, 0.29) is 24.8 Å². The topological polar surface area (TPSA) is 78.5 Å². The summed E-state index contributed by atoms with van der Waals surface area (Å²) in [4.78, 5) is 38.0. The summed E-state index contributed by atoms with van der Waals surface area (Å²) in [5.74, 6) is -0.741. The maximum atomic E-state index is 12.1. The summed E-state index contributed by atoms with van der Waals surface area (Å²) in [5.41, 5.74) is 0.322. The lowest BCUT2D eigenvalue weighted by Crippen LogP contribution is -2.35. The second-order valence-corrected chi connectivity index (χ2v) is 7.49. The van der Waals surface area contributed by atoms with Crippen LogP contribution in [0, 0.1) is 0 Å². The van der Waals surface area contributed by atoms with Gasteiger partial charge in [-0.3, -0.25) is 14.4 Å². The van der Waals surface area contributed by atoms with Gasteiger partial charge in [0.2, 0.25) is 11.8 Å². The van der Waals surface area contributed by atoms with Crippen molar-refractivity contribution in [3.8, 4) is 0 Å². The van der Waals surface area contributed by atoms with E-state index in [1.807, 2.05) is 5.38 Å². The molecule has 1 heterocycles. The van der Waals surface area contributed by atoms with Crippen molar-refractivity contribution in [1.82, 2.24) is 10.2 Å². The van der Waals surface area contributed by atoms with Crippen LogP contribution in [0.5, 0.6) is 0 Å². The predicted molar refractivity (Wildman–Crippen MR) is 109 cm³/mol. The van der Waals surface area contributed by atoms with Gasteiger partial charge in [0, 0.05) is 20.0 Å². The van der Waals surface area contributed by atoms with Crippen LogP contribution in [-0.4, -0.2) is 42.8 Å². The van der Waals surface area contributed by atoms with Gasteiger partial charge in [-0.05, 0) is 30.0 Å². The summed E-state index contributed by atoms with van der Waals surface area (Å²) in [6.07, 6.45) is 0.708. The van der Waals surface area contributed by atoms with E-state index in [0.29, 0.717) is 33.6 Å². The molecule has 3 amide bonds. The lowest BCUT2D eigenvalue weighted by molar-refractivity contribution is -0.133. The first-order chi connectivity index (χ1) is 12.9. The highest BCUT2D eigenvalue weighted by Crippen LogP contribution is 2.29. The molecule has 0 fully saturated rings. The van der Waals surface area contributed by atoms with E-state index in [9.17, 15) is 14.4 Å². The first kappa shape index (κ1) is 21.2. The van der Waals surface area contributed by atoms with Crippen molar-refractivity contribution >= 4 is 57.9 Å². The second-order valence-electron chi connectivity index (χ2n) is 5.73. The Kier molecular flexibility index (Phi) is 8.09. The fraction of sp³-hybridized carbons (Fsp3) is 0.278. The van der Waals surface area contributed by atoms with Crippen LogP contribution in [0.4, 0.5) is 5.69 Å². The molecule has 0 bridgehead atoms. The van der Waals surface area contributed by atoms with Gasteiger partial charge >= 0.3 is 0 Å². The molecule has 144 valence electrons. The van der Waals surface area contributed by atoms with Crippen LogP contribution in [-0.2, 0) is 9.59 Å². The Morgan fingerprint density at radius 2 is 1.81 bits per heavy atom. The Morgan fingerprint density at radius 1 is 1.11 bits per heavy atom. The summed E-state index contributed by atoms with van der Waals surface area (Å²) >= 11 is 13.4. The van der Waals surface area contributed by atoms with Crippen LogP contribution in [0.2, 0.25) is 10.0 Å². The van der Waals surface area contributed by atoms with E-state index in [4.69, 9.17) is 23.2 Å². The SMILES string of the molecule is CN(CC(=O)Nc1c(Cl)cccc1Cl)C(=O)CCCNC(=O)c1cccs1. The maximum Gasteiger partial charge on any atom is 0.261 e. The molecule has 6 nitrogen and oxygen atoms in total. The molecule has 0 aliphatic rings. The van der Waals surface area contributed by atoms with Crippen molar-refractivity contribution in [2.45, 2.75) is 12.8 Å². The van der Waals surface area contributed by atoms with Gasteiger partial charge in [0.25, 0.3) is 5.91 Å². The highest BCUT2D eigenvalue weighted by molar-refractivity contribution is 7.12. The minimum Gasteiger partial charge on any atom is -0.351 e. The minimum absolute atomic E-state index is 0.123. The summed E-state index contributed by atoms with van der Waals surface area (Å²) < 4.78 is 0. The predicted octanol–water partition coefficient (Wildman–Crippen LogP) is 3.66. The number of nitrogens with one attached hydrogen (secondary N) is 2. The highest BCUT2D eigenvalue weighted by Gasteiger charge is 2.15. The lowest BCUT2D eigenvalue weighted by atomic mass is 10.2. The summed E-state index contributed by atoms with van der Waals surface area (Å²) in [6.45, 7) is 0.264. The normalized spacial score (nSPS) is 10.3. The van der Waals surface area contributed by atoms with Crippen LogP contribution in [0.25, 0.3) is 0 Å². The Labute approximate surface area is 171 Å². The van der Waals surface area contributed by atoms with Crippen molar-refractivity contribution in [2.24, 2.45) is 0 Å². The van der Waals surface area contributed by atoms with E-state index in [2.05, 4.69) is 10.6 Å². The molecule has 9 heteroatoms. The Morgan fingerprint density at radius 3 is 2.44 bits per heavy atom. The van der Waals surface area contributed by atoms with Crippen LogP contribution in [0.15, 0.2) is 35.7 Å². The van der Waals surface area contributed by atoms with Crippen LogP contribution in [0.3, 0.4) is 0 Å². The molecule has 0 spiro atoms. The van der Waals surface area contributed by atoms with Crippen molar-refractivity contribution < 1.29 is 14.4 Å². The van der Waals surface area contributed by atoms with Crippen LogP contribution >= 0.6 is 34.5 Å². The number of nitrogens with zero attached hydrogens (tertiary/aromatic N) is 1. The largest absolute Gasteiger partial charge is 0.351 e. The zero-order valence-electron chi connectivity index (χ0n) is 14.6. The molecule has 2 N–H and O–H groups in total. The third kappa shape index (κ3) is 6.53. The smallest absolute Gasteiger partial charge is 0.261 e. The number of carbonyl (C=O) groups excluding carboxylic acids is 3. The van der Waals surface area contributed by atoms with Crippen molar-refractivity contribution in [1.29, 1.82) is 0 Å². The summed E-state index contributed by atoms with van der Waals surface area (Å²) in [6, 6.07) is 8.44. The lowest BCUT2D eigenvalue weighted by Gasteiger charge is -2.17. The summed E-state index contributed by atoms with van der Waals surface area (Å²) in [5, 5.41) is 7.85. The number of hydrogen-bond acceptors (Lipinski definition) is 4. The standard InChI is InChI=1S/C18H19Cl2N3O3S/c1-23(11-15(24)22-17-12(19)5-2-6-13(17)20)16(25)8-3-9-21-18(26)14-7-4-10-27-14/h2,4-7,10H,3,8-9,11H2,1H3,(H,21,26)(H,22,24). The Hall–Kier alpha value is -2.09. The first-order valence-corrected chi connectivity index (χ1v) is 9.81. The molecule has 0 aliphatic carbocycles. The Balaban J connectivity index is 1.71. The molecular weight excluding hydrogens is 409 g/mol. The van der Waals surface area contributed by atoms with Crippen LogP contribution in [0.1, 0.15) is 22.5 Å². The van der Waals surface area contributed by atoms with Gasteiger partial charge in [-0.25, -0.2) is 0 Å². The highest BCUT2D eigenvalue weighted by atomic mass is 35.5. The van der Waals surface area contributed by atoms with E-state index in [0.717, 1.165) is 0 Å².